The maximum absolute atomic E-state index is 13.1. The van der Waals surface area contributed by atoms with Gasteiger partial charge >= 0.3 is 12.1 Å². The summed E-state index contributed by atoms with van der Waals surface area (Å²) in [5, 5.41) is 8.96. The number of aliphatic carboxylic acids is 1. The van der Waals surface area contributed by atoms with E-state index in [0.29, 0.717) is 4.47 Å². The standard InChI is InChI=1S/C13H11BrF3NO3/c14-9-4-2-1-3-8(9)10(19)18-6-5-12(7-18,11(20)21)13(15,16)17/h1-4H,5-7H2,(H,20,21). The van der Waals surface area contributed by atoms with Crippen molar-refractivity contribution in [2.75, 3.05) is 13.1 Å². The van der Waals surface area contributed by atoms with Crippen molar-refractivity contribution in [3.8, 4) is 0 Å². The normalized spacial score (nSPS) is 22.4. The Morgan fingerprint density at radius 1 is 1.29 bits per heavy atom. The van der Waals surface area contributed by atoms with Crippen LogP contribution in [0.5, 0.6) is 0 Å². The van der Waals surface area contributed by atoms with Gasteiger partial charge in [0.1, 0.15) is 0 Å². The van der Waals surface area contributed by atoms with Crippen LogP contribution in [-0.2, 0) is 4.79 Å². The fraction of sp³-hybridized carbons (Fsp3) is 0.385. The predicted molar refractivity (Wildman–Crippen MR) is 70.8 cm³/mol. The molecule has 21 heavy (non-hydrogen) atoms. The van der Waals surface area contributed by atoms with Crippen LogP contribution < -0.4 is 0 Å². The summed E-state index contributed by atoms with van der Waals surface area (Å²) in [6, 6.07) is 6.32. The van der Waals surface area contributed by atoms with Crippen LogP contribution >= 0.6 is 15.9 Å². The highest BCUT2D eigenvalue weighted by Crippen LogP contribution is 2.46. The summed E-state index contributed by atoms with van der Waals surface area (Å²) in [7, 11) is 0. The van der Waals surface area contributed by atoms with Crippen LogP contribution in [0, 0.1) is 5.41 Å². The van der Waals surface area contributed by atoms with Crippen LogP contribution in [0.3, 0.4) is 0 Å². The van der Waals surface area contributed by atoms with Crippen molar-refractivity contribution in [3.05, 3.63) is 34.3 Å². The van der Waals surface area contributed by atoms with Gasteiger partial charge in [-0.2, -0.15) is 13.2 Å². The molecule has 1 atom stereocenters. The van der Waals surface area contributed by atoms with Gasteiger partial charge in [-0.05, 0) is 34.5 Å². The van der Waals surface area contributed by atoms with Crippen molar-refractivity contribution in [1.82, 2.24) is 4.90 Å². The van der Waals surface area contributed by atoms with E-state index >= 15 is 0 Å². The molecule has 1 saturated heterocycles. The molecular weight excluding hydrogens is 355 g/mol. The van der Waals surface area contributed by atoms with E-state index in [9.17, 15) is 22.8 Å². The Bertz CT molecular complexity index is 590. The zero-order chi connectivity index (χ0) is 15.8. The minimum absolute atomic E-state index is 0.209. The Balaban J connectivity index is 2.28. The van der Waals surface area contributed by atoms with Crippen LogP contribution in [0.2, 0.25) is 0 Å². The third kappa shape index (κ3) is 2.64. The highest BCUT2D eigenvalue weighted by Gasteiger charge is 2.64. The van der Waals surface area contributed by atoms with Crippen molar-refractivity contribution in [2.24, 2.45) is 5.41 Å². The smallest absolute Gasteiger partial charge is 0.406 e. The number of amides is 1. The first-order valence-corrected chi connectivity index (χ1v) is 6.82. The van der Waals surface area contributed by atoms with E-state index in [1.54, 1.807) is 18.2 Å². The number of halogens is 4. The SMILES string of the molecule is O=C(c1ccccc1Br)N1CCC(C(=O)O)(C(F)(F)F)C1. The molecule has 1 aliphatic rings. The average molecular weight is 366 g/mol. The molecule has 0 bridgehead atoms. The summed E-state index contributed by atoms with van der Waals surface area (Å²) in [6.07, 6.45) is -5.54. The number of carbonyl (C=O) groups is 2. The summed E-state index contributed by atoms with van der Waals surface area (Å²) in [5.74, 6) is -2.56. The zero-order valence-electron chi connectivity index (χ0n) is 10.7. The van der Waals surface area contributed by atoms with E-state index in [0.717, 1.165) is 4.90 Å². The van der Waals surface area contributed by atoms with E-state index in [1.165, 1.54) is 6.07 Å². The van der Waals surface area contributed by atoms with E-state index in [-0.39, 0.29) is 12.1 Å². The highest BCUT2D eigenvalue weighted by molar-refractivity contribution is 9.10. The van der Waals surface area contributed by atoms with E-state index in [1.807, 2.05) is 0 Å². The molecule has 0 radical (unpaired) electrons. The largest absolute Gasteiger partial charge is 0.481 e. The third-order valence-electron chi connectivity index (χ3n) is 3.61. The van der Waals surface area contributed by atoms with Crippen molar-refractivity contribution < 1.29 is 27.9 Å². The molecular formula is C13H11BrF3NO3. The summed E-state index contributed by atoms with van der Waals surface area (Å²) in [5.41, 5.74) is -2.68. The molecule has 1 heterocycles. The highest BCUT2D eigenvalue weighted by atomic mass is 79.9. The molecule has 1 aromatic carbocycles. The van der Waals surface area contributed by atoms with Gasteiger partial charge in [0.25, 0.3) is 5.91 Å². The monoisotopic (exact) mass is 365 g/mol. The van der Waals surface area contributed by atoms with E-state index in [4.69, 9.17) is 5.11 Å². The summed E-state index contributed by atoms with van der Waals surface area (Å²) >= 11 is 3.15. The lowest BCUT2D eigenvalue weighted by Gasteiger charge is -2.27. The fourth-order valence-corrected chi connectivity index (χ4v) is 2.77. The minimum Gasteiger partial charge on any atom is -0.481 e. The first-order valence-electron chi connectivity index (χ1n) is 6.03. The summed E-state index contributed by atoms with van der Waals surface area (Å²) in [4.78, 5) is 24.2. The van der Waals surface area contributed by atoms with Crippen LogP contribution in [-0.4, -0.2) is 41.1 Å². The third-order valence-corrected chi connectivity index (χ3v) is 4.30. The van der Waals surface area contributed by atoms with Gasteiger partial charge in [0.15, 0.2) is 5.41 Å². The van der Waals surface area contributed by atoms with Gasteiger partial charge in [0.05, 0.1) is 5.56 Å². The Kier molecular flexibility index (Phi) is 4.01. The molecule has 1 N–H and O–H groups in total. The number of carbonyl (C=O) groups excluding carboxylic acids is 1. The minimum atomic E-state index is -4.90. The topological polar surface area (TPSA) is 57.6 Å². The average Bonchev–Trinajstić information content (AvgIpc) is 2.84. The molecule has 2 rings (SSSR count). The summed E-state index contributed by atoms with van der Waals surface area (Å²) in [6.45, 7) is -1.11. The van der Waals surface area contributed by atoms with Gasteiger partial charge < -0.3 is 10.0 Å². The number of hydrogen-bond donors (Lipinski definition) is 1. The van der Waals surface area contributed by atoms with Crippen molar-refractivity contribution in [1.29, 1.82) is 0 Å². The number of likely N-dealkylation sites (tertiary alicyclic amines) is 1. The maximum atomic E-state index is 13.1. The Labute approximate surface area is 126 Å². The lowest BCUT2D eigenvalue weighted by Crippen LogP contribution is -2.47. The van der Waals surface area contributed by atoms with Gasteiger partial charge in [0, 0.05) is 17.6 Å². The lowest BCUT2D eigenvalue weighted by molar-refractivity contribution is -0.227. The number of benzene rings is 1. The van der Waals surface area contributed by atoms with Gasteiger partial charge in [-0.25, -0.2) is 0 Å². The number of nitrogens with zero attached hydrogens (tertiary/aromatic N) is 1. The first-order chi connectivity index (χ1) is 9.69. The molecule has 0 saturated carbocycles. The van der Waals surface area contributed by atoms with Crippen LogP contribution in [0.1, 0.15) is 16.8 Å². The summed E-state index contributed by atoms with van der Waals surface area (Å²) < 4.78 is 39.6. The zero-order valence-corrected chi connectivity index (χ0v) is 12.2. The maximum Gasteiger partial charge on any atom is 0.406 e. The second kappa shape index (κ2) is 5.32. The second-order valence-corrected chi connectivity index (χ2v) is 5.70. The van der Waals surface area contributed by atoms with Crippen LogP contribution in [0.15, 0.2) is 28.7 Å². The lowest BCUT2D eigenvalue weighted by atomic mass is 9.86. The van der Waals surface area contributed by atoms with Crippen LogP contribution in [0.4, 0.5) is 13.2 Å². The molecule has 8 heteroatoms. The number of carboxylic acid groups (broad SMARTS) is 1. The van der Waals surface area contributed by atoms with Gasteiger partial charge in [-0.15, -0.1) is 0 Å². The fourth-order valence-electron chi connectivity index (χ4n) is 2.32. The molecule has 0 spiro atoms. The molecule has 1 unspecified atom stereocenters. The Morgan fingerprint density at radius 3 is 2.38 bits per heavy atom. The molecule has 4 nitrogen and oxygen atoms in total. The molecule has 0 aliphatic carbocycles. The van der Waals surface area contributed by atoms with Crippen molar-refractivity contribution >= 4 is 27.8 Å². The molecule has 1 amide bonds. The van der Waals surface area contributed by atoms with E-state index in [2.05, 4.69) is 15.9 Å². The Morgan fingerprint density at radius 2 is 1.90 bits per heavy atom. The number of rotatable bonds is 2. The number of hydrogen-bond acceptors (Lipinski definition) is 2. The molecule has 114 valence electrons. The van der Waals surface area contributed by atoms with E-state index < -0.39 is 36.4 Å². The Hall–Kier alpha value is -1.57. The van der Waals surface area contributed by atoms with Gasteiger partial charge in [0.2, 0.25) is 0 Å². The van der Waals surface area contributed by atoms with Crippen molar-refractivity contribution in [3.63, 3.8) is 0 Å². The van der Waals surface area contributed by atoms with Crippen LogP contribution in [0.25, 0.3) is 0 Å². The quantitative estimate of drug-likeness (QED) is 0.876. The number of carboxylic acids is 1. The van der Waals surface area contributed by atoms with Gasteiger partial charge in [-0.3, -0.25) is 9.59 Å². The van der Waals surface area contributed by atoms with Gasteiger partial charge in [-0.1, -0.05) is 12.1 Å². The molecule has 0 aromatic heterocycles. The molecule has 1 fully saturated rings. The first kappa shape index (κ1) is 15.8. The predicted octanol–water partition coefficient (Wildman–Crippen LogP) is 2.93. The number of alkyl halides is 3. The molecule has 1 aliphatic heterocycles. The van der Waals surface area contributed by atoms with Crippen molar-refractivity contribution in [2.45, 2.75) is 12.6 Å². The molecule has 1 aromatic rings. The second-order valence-electron chi connectivity index (χ2n) is 4.84.